The Bertz CT molecular complexity index is 1220. The fourth-order valence-electron chi connectivity index (χ4n) is 4.22. The number of rotatable bonds is 7. The Morgan fingerprint density at radius 1 is 1.12 bits per heavy atom. The summed E-state index contributed by atoms with van der Waals surface area (Å²) in [5.41, 5.74) is 8.98. The lowest BCUT2D eigenvalue weighted by Crippen LogP contribution is -2.37. The first-order valence-corrected chi connectivity index (χ1v) is 11.8. The minimum absolute atomic E-state index is 0.0631. The van der Waals surface area contributed by atoms with Crippen molar-refractivity contribution in [2.45, 2.75) is 58.1 Å². The molecule has 2 heterocycles. The van der Waals surface area contributed by atoms with Crippen LogP contribution in [-0.2, 0) is 11.3 Å². The molecule has 1 saturated carbocycles. The standard InChI is InChI=1S/C27H30N4O3/c1-16-7-8-20(17(2)11-16)12-22-15-33-31-26(28-22)24-14-25(18(3)32)29-30-27(24)34-23-6-4-5-21(13-23)19-9-10-19/h4-8,11,13-14,18-19,22,32H,9-10,12,15H2,1-3H3,(H,28,31). The maximum Gasteiger partial charge on any atom is 0.250 e. The maximum absolute atomic E-state index is 10.1. The van der Waals surface area contributed by atoms with Gasteiger partial charge in [0.25, 0.3) is 0 Å². The van der Waals surface area contributed by atoms with E-state index in [1.54, 1.807) is 13.0 Å². The van der Waals surface area contributed by atoms with Gasteiger partial charge in [0.1, 0.15) is 5.75 Å². The fraction of sp³-hybridized carbons (Fsp3) is 0.370. The second-order valence-corrected chi connectivity index (χ2v) is 9.29. The highest BCUT2D eigenvalue weighted by Gasteiger charge is 2.25. The van der Waals surface area contributed by atoms with E-state index in [0.29, 0.717) is 41.2 Å². The number of nitrogens with zero attached hydrogens (tertiary/aromatic N) is 3. The van der Waals surface area contributed by atoms with Crippen LogP contribution in [-0.4, -0.2) is 33.8 Å². The molecule has 0 bridgehead atoms. The molecule has 0 radical (unpaired) electrons. The van der Waals surface area contributed by atoms with Crippen LogP contribution in [0.4, 0.5) is 0 Å². The number of hydrogen-bond donors (Lipinski definition) is 2. The molecule has 7 nitrogen and oxygen atoms in total. The molecular weight excluding hydrogens is 428 g/mol. The van der Waals surface area contributed by atoms with E-state index in [-0.39, 0.29) is 6.04 Å². The van der Waals surface area contributed by atoms with Crippen molar-refractivity contribution in [1.29, 1.82) is 0 Å². The number of aryl methyl sites for hydroxylation is 2. The minimum Gasteiger partial charge on any atom is -0.437 e. The second kappa shape index (κ2) is 9.52. The third-order valence-electron chi connectivity index (χ3n) is 6.29. The average Bonchev–Trinajstić information content (AvgIpc) is 3.67. The highest BCUT2D eigenvalue weighted by molar-refractivity contribution is 6.00. The van der Waals surface area contributed by atoms with E-state index in [4.69, 9.17) is 14.6 Å². The van der Waals surface area contributed by atoms with Crippen molar-refractivity contribution in [2.24, 2.45) is 4.99 Å². The molecule has 5 rings (SSSR count). The molecule has 34 heavy (non-hydrogen) atoms. The topological polar surface area (TPSA) is 88.9 Å². The summed E-state index contributed by atoms with van der Waals surface area (Å²) in [4.78, 5) is 10.6. The minimum atomic E-state index is -0.769. The van der Waals surface area contributed by atoms with Crippen molar-refractivity contribution in [3.63, 3.8) is 0 Å². The number of aliphatic imine (C=N–C) groups is 1. The Hall–Kier alpha value is -3.29. The van der Waals surface area contributed by atoms with Crippen molar-refractivity contribution in [3.05, 3.63) is 82.0 Å². The third-order valence-corrected chi connectivity index (χ3v) is 6.29. The Labute approximate surface area is 199 Å². The molecule has 1 aliphatic heterocycles. The molecule has 2 N–H and O–H groups in total. The number of nitrogens with one attached hydrogen (secondary N) is 1. The number of aromatic nitrogens is 2. The Morgan fingerprint density at radius 2 is 1.97 bits per heavy atom. The van der Waals surface area contributed by atoms with E-state index < -0.39 is 6.10 Å². The number of ether oxygens (including phenoxy) is 1. The van der Waals surface area contributed by atoms with Crippen LogP contribution in [0.5, 0.6) is 11.6 Å². The molecule has 176 valence electrons. The fourth-order valence-corrected chi connectivity index (χ4v) is 4.22. The van der Waals surface area contributed by atoms with Crippen LogP contribution in [0.15, 0.2) is 53.5 Å². The Balaban J connectivity index is 1.45. The molecular formula is C27H30N4O3. The summed E-state index contributed by atoms with van der Waals surface area (Å²) in [5.74, 6) is 2.16. The second-order valence-electron chi connectivity index (χ2n) is 9.29. The molecule has 2 aliphatic rings. The van der Waals surface area contributed by atoms with E-state index in [9.17, 15) is 5.11 Å². The van der Waals surface area contributed by atoms with E-state index in [2.05, 4.69) is 59.9 Å². The van der Waals surface area contributed by atoms with Gasteiger partial charge in [-0.15, -0.1) is 10.2 Å². The SMILES string of the molecule is Cc1ccc(CC2CONC(c3cc(C(C)O)nnc3Oc3cccc(C4CC4)c3)=N2)c(C)c1. The molecule has 1 aliphatic carbocycles. The van der Waals surface area contributed by atoms with Gasteiger partial charge in [-0.1, -0.05) is 35.9 Å². The molecule has 7 heteroatoms. The van der Waals surface area contributed by atoms with Crippen molar-refractivity contribution in [1.82, 2.24) is 15.7 Å². The van der Waals surface area contributed by atoms with Crippen molar-refractivity contribution in [2.75, 3.05) is 6.61 Å². The van der Waals surface area contributed by atoms with Crippen molar-refractivity contribution < 1.29 is 14.7 Å². The van der Waals surface area contributed by atoms with E-state index in [1.165, 1.54) is 35.1 Å². The zero-order valence-electron chi connectivity index (χ0n) is 19.8. The van der Waals surface area contributed by atoms with Crippen LogP contribution in [0, 0.1) is 13.8 Å². The predicted octanol–water partition coefficient (Wildman–Crippen LogP) is 4.71. The smallest absolute Gasteiger partial charge is 0.250 e. The van der Waals surface area contributed by atoms with Gasteiger partial charge in [-0.25, -0.2) is 5.48 Å². The molecule has 2 aromatic carbocycles. The van der Waals surface area contributed by atoms with Gasteiger partial charge in [-0.05, 0) is 80.8 Å². The Morgan fingerprint density at radius 3 is 2.74 bits per heavy atom. The van der Waals surface area contributed by atoms with Gasteiger partial charge in [-0.2, -0.15) is 0 Å². The largest absolute Gasteiger partial charge is 0.437 e. The first-order chi connectivity index (χ1) is 16.5. The lowest BCUT2D eigenvalue weighted by molar-refractivity contribution is 0.0622. The number of hydroxylamine groups is 1. The third kappa shape index (κ3) is 5.11. The number of aliphatic hydroxyl groups is 1. The molecule has 3 aromatic rings. The maximum atomic E-state index is 10.1. The highest BCUT2D eigenvalue weighted by Crippen LogP contribution is 2.41. The van der Waals surface area contributed by atoms with E-state index in [0.717, 1.165) is 6.42 Å². The summed E-state index contributed by atoms with van der Waals surface area (Å²) in [6, 6.07) is 16.3. The first-order valence-electron chi connectivity index (χ1n) is 11.8. The lowest BCUT2D eigenvalue weighted by Gasteiger charge is -2.23. The zero-order chi connectivity index (χ0) is 23.7. The van der Waals surface area contributed by atoms with Crippen molar-refractivity contribution >= 4 is 5.84 Å². The van der Waals surface area contributed by atoms with Crippen LogP contribution in [0.3, 0.4) is 0 Å². The van der Waals surface area contributed by atoms with Gasteiger partial charge in [0.2, 0.25) is 5.88 Å². The van der Waals surface area contributed by atoms with Gasteiger partial charge in [0.15, 0.2) is 5.84 Å². The van der Waals surface area contributed by atoms with Crippen LogP contribution < -0.4 is 10.2 Å². The van der Waals surface area contributed by atoms with Crippen LogP contribution in [0.2, 0.25) is 0 Å². The van der Waals surface area contributed by atoms with Gasteiger partial charge < -0.3 is 9.84 Å². The molecule has 1 aromatic heterocycles. The lowest BCUT2D eigenvalue weighted by atomic mass is 9.99. The summed E-state index contributed by atoms with van der Waals surface area (Å²) in [6.07, 6.45) is 2.43. The van der Waals surface area contributed by atoms with E-state index in [1.807, 2.05) is 12.1 Å². The summed E-state index contributed by atoms with van der Waals surface area (Å²) in [5, 5.41) is 18.5. The normalized spacial score (nSPS) is 18.7. The Kier molecular flexibility index (Phi) is 6.30. The predicted molar refractivity (Wildman–Crippen MR) is 130 cm³/mol. The van der Waals surface area contributed by atoms with Crippen molar-refractivity contribution in [3.8, 4) is 11.6 Å². The molecule has 0 amide bonds. The molecule has 1 fully saturated rings. The highest BCUT2D eigenvalue weighted by atomic mass is 16.6. The van der Waals surface area contributed by atoms with E-state index >= 15 is 0 Å². The van der Waals surface area contributed by atoms with Gasteiger partial charge >= 0.3 is 0 Å². The average molecular weight is 459 g/mol. The monoisotopic (exact) mass is 458 g/mol. The first kappa shape index (κ1) is 22.5. The van der Waals surface area contributed by atoms with Gasteiger partial charge in [0.05, 0.1) is 30.0 Å². The summed E-state index contributed by atoms with van der Waals surface area (Å²) in [7, 11) is 0. The quantitative estimate of drug-likeness (QED) is 0.533. The van der Waals surface area contributed by atoms with Crippen LogP contribution >= 0.6 is 0 Å². The van der Waals surface area contributed by atoms with Gasteiger partial charge in [0, 0.05) is 0 Å². The summed E-state index contributed by atoms with van der Waals surface area (Å²) in [6.45, 7) is 6.33. The number of hydrogen-bond acceptors (Lipinski definition) is 7. The molecule has 2 unspecified atom stereocenters. The zero-order valence-corrected chi connectivity index (χ0v) is 19.8. The van der Waals surface area contributed by atoms with Crippen LogP contribution in [0.1, 0.15) is 65.3 Å². The number of amidine groups is 1. The van der Waals surface area contributed by atoms with Crippen LogP contribution in [0.25, 0.3) is 0 Å². The molecule has 0 spiro atoms. The molecule has 0 saturated heterocycles. The molecule has 2 atom stereocenters. The summed E-state index contributed by atoms with van der Waals surface area (Å²) >= 11 is 0. The summed E-state index contributed by atoms with van der Waals surface area (Å²) < 4.78 is 6.17. The van der Waals surface area contributed by atoms with Gasteiger partial charge in [-0.3, -0.25) is 9.83 Å². The number of benzene rings is 2. The number of aliphatic hydroxyl groups excluding tert-OH is 1.